The van der Waals surface area contributed by atoms with E-state index in [1.807, 2.05) is 25.1 Å². The van der Waals surface area contributed by atoms with Gasteiger partial charge in [0.05, 0.1) is 0 Å². The van der Waals surface area contributed by atoms with Gasteiger partial charge in [-0.25, -0.2) is 4.68 Å². The third-order valence-electron chi connectivity index (χ3n) is 2.16. The molecule has 2 rings (SSSR count). The van der Waals surface area contributed by atoms with Crippen LogP contribution in [0.25, 0.3) is 11.4 Å². The third-order valence-corrected chi connectivity index (χ3v) is 2.16. The molecule has 1 heterocycles. The monoisotopic (exact) mass is 189 g/mol. The van der Waals surface area contributed by atoms with Crippen LogP contribution >= 0.6 is 0 Å². The van der Waals surface area contributed by atoms with Crippen molar-refractivity contribution in [3.05, 3.63) is 23.8 Å². The number of tetrazole rings is 1. The number of hydrogen-bond donors (Lipinski definition) is 1. The predicted octanol–water partition coefficient (Wildman–Crippen LogP) is 0.768. The lowest BCUT2D eigenvalue weighted by Crippen LogP contribution is -1.96. The van der Waals surface area contributed by atoms with Gasteiger partial charge in [0.25, 0.3) is 0 Å². The van der Waals surface area contributed by atoms with Crippen molar-refractivity contribution in [2.24, 2.45) is 7.05 Å². The minimum atomic E-state index is 0.719. The highest BCUT2D eigenvalue weighted by molar-refractivity contribution is 5.63. The van der Waals surface area contributed by atoms with Crippen LogP contribution in [-0.2, 0) is 7.05 Å². The molecular formula is C9H11N5. The molecule has 0 unspecified atom stereocenters. The van der Waals surface area contributed by atoms with Crippen LogP contribution in [0.15, 0.2) is 18.2 Å². The molecular weight excluding hydrogens is 178 g/mol. The van der Waals surface area contributed by atoms with Crippen LogP contribution in [0.3, 0.4) is 0 Å². The van der Waals surface area contributed by atoms with Crippen LogP contribution in [0, 0.1) is 6.92 Å². The highest BCUT2D eigenvalue weighted by Crippen LogP contribution is 2.20. The molecule has 5 heteroatoms. The summed E-state index contributed by atoms with van der Waals surface area (Å²) in [6.45, 7) is 1.97. The fourth-order valence-electron chi connectivity index (χ4n) is 1.25. The number of nitrogens with zero attached hydrogens (tertiary/aromatic N) is 4. The summed E-state index contributed by atoms with van der Waals surface area (Å²) < 4.78 is 1.62. The molecule has 0 saturated heterocycles. The van der Waals surface area contributed by atoms with E-state index in [2.05, 4.69) is 15.5 Å². The van der Waals surface area contributed by atoms with Crippen molar-refractivity contribution >= 4 is 5.69 Å². The second-order valence-electron chi connectivity index (χ2n) is 3.20. The van der Waals surface area contributed by atoms with Crippen molar-refractivity contribution in [1.82, 2.24) is 20.2 Å². The number of aryl methyl sites for hydroxylation is 2. The number of hydrogen-bond acceptors (Lipinski definition) is 4. The van der Waals surface area contributed by atoms with E-state index >= 15 is 0 Å². The van der Waals surface area contributed by atoms with E-state index in [-0.39, 0.29) is 0 Å². The van der Waals surface area contributed by atoms with Crippen LogP contribution in [0.2, 0.25) is 0 Å². The van der Waals surface area contributed by atoms with Crippen molar-refractivity contribution in [3.8, 4) is 11.4 Å². The van der Waals surface area contributed by atoms with Crippen molar-refractivity contribution in [2.75, 3.05) is 5.73 Å². The zero-order chi connectivity index (χ0) is 10.1. The first-order valence-electron chi connectivity index (χ1n) is 4.27. The Morgan fingerprint density at radius 3 is 2.71 bits per heavy atom. The molecule has 14 heavy (non-hydrogen) atoms. The Morgan fingerprint density at radius 2 is 2.14 bits per heavy atom. The first-order valence-corrected chi connectivity index (χ1v) is 4.27. The van der Waals surface area contributed by atoms with Gasteiger partial charge in [-0.1, -0.05) is 12.1 Å². The molecule has 72 valence electrons. The zero-order valence-electron chi connectivity index (χ0n) is 8.10. The van der Waals surface area contributed by atoms with Gasteiger partial charge in [-0.3, -0.25) is 0 Å². The summed E-state index contributed by atoms with van der Waals surface area (Å²) in [5.74, 6) is 0.719. The number of rotatable bonds is 1. The number of anilines is 1. The Kier molecular flexibility index (Phi) is 1.92. The molecule has 0 saturated carbocycles. The molecule has 0 aliphatic rings. The van der Waals surface area contributed by atoms with Crippen molar-refractivity contribution in [3.63, 3.8) is 0 Å². The average Bonchev–Trinajstić information content (AvgIpc) is 2.57. The molecule has 0 radical (unpaired) electrons. The van der Waals surface area contributed by atoms with E-state index in [0.29, 0.717) is 0 Å². The van der Waals surface area contributed by atoms with Crippen LogP contribution in [0.5, 0.6) is 0 Å². The molecule has 0 aliphatic carbocycles. The molecule has 0 amide bonds. The predicted molar refractivity (Wildman–Crippen MR) is 53.4 cm³/mol. The van der Waals surface area contributed by atoms with Gasteiger partial charge in [-0.05, 0) is 29.0 Å². The molecule has 1 aromatic heterocycles. The summed E-state index contributed by atoms with van der Waals surface area (Å²) in [7, 11) is 1.80. The Morgan fingerprint density at radius 1 is 1.36 bits per heavy atom. The van der Waals surface area contributed by atoms with Crippen LogP contribution in [0.4, 0.5) is 5.69 Å². The molecule has 0 atom stereocenters. The molecule has 0 bridgehead atoms. The Bertz CT molecular complexity index is 460. The first kappa shape index (κ1) is 8.68. The number of nitrogen functional groups attached to an aromatic ring is 1. The summed E-state index contributed by atoms with van der Waals surface area (Å²) in [6.07, 6.45) is 0. The molecule has 0 spiro atoms. The summed E-state index contributed by atoms with van der Waals surface area (Å²) in [6, 6.07) is 5.79. The minimum absolute atomic E-state index is 0.719. The fraction of sp³-hybridized carbons (Fsp3) is 0.222. The molecule has 2 aromatic rings. The van der Waals surface area contributed by atoms with Gasteiger partial charge >= 0.3 is 0 Å². The van der Waals surface area contributed by atoms with E-state index in [4.69, 9.17) is 5.73 Å². The van der Waals surface area contributed by atoms with Gasteiger partial charge in [0.2, 0.25) is 0 Å². The molecule has 2 N–H and O–H groups in total. The molecule has 5 nitrogen and oxygen atoms in total. The molecule has 0 aliphatic heterocycles. The third kappa shape index (κ3) is 1.32. The van der Waals surface area contributed by atoms with Crippen molar-refractivity contribution in [1.29, 1.82) is 0 Å². The summed E-state index contributed by atoms with van der Waals surface area (Å²) in [5, 5.41) is 11.2. The second kappa shape index (κ2) is 3.10. The lowest BCUT2D eigenvalue weighted by Gasteiger charge is -2.02. The van der Waals surface area contributed by atoms with Gasteiger partial charge < -0.3 is 5.73 Å². The number of nitrogens with two attached hydrogens (primary N) is 1. The van der Waals surface area contributed by atoms with E-state index < -0.39 is 0 Å². The van der Waals surface area contributed by atoms with Crippen LogP contribution in [-0.4, -0.2) is 20.2 Å². The van der Waals surface area contributed by atoms with Gasteiger partial charge in [0, 0.05) is 18.3 Å². The highest BCUT2D eigenvalue weighted by Gasteiger charge is 2.06. The topological polar surface area (TPSA) is 69.6 Å². The largest absolute Gasteiger partial charge is 0.398 e. The lowest BCUT2D eigenvalue weighted by molar-refractivity contribution is 0.714. The summed E-state index contributed by atoms with van der Waals surface area (Å²) in [5.41, 5.74) is 8.54. The lowest BCUT2D eigenvalue weighted by atomic mass is 10.1. The standard InChI is InChI=1S/C9H11N5/c1-6-3-4-7(5-8(6)10)9-11-12-13-14(9)2/h3-5H,10H2,1-2H3. The Balaban J connectivity index is 2.53. The zero-order valence-corrected chi connectivity index (χ0v) is 8.10. The second-order valence-corrected chi connectivity index (χ2v) is 3.20. The van der Waals surface area contributed by atoms with E-state index in [1.165, 1.54) is 0 Å². The normalized spacial score (nSPS) is 10.4. The van der Waals surface area contributed by atoms with Crippen molar-refractivity contribution in [2.45, 2.75) is 6.92 Å². The van der Waals surface area contributed by atoms with Gasteiger partial charge in [0.15, 0.2) is 5.82 Å². The van der Waals surface area contributed by atoms with E-state index in [0.717, 1.165) is 22.6 Å². The molecule has 0 fully saturated rings. The number of benzene rings is 1. The maximum atomic E-state index is 5.80. The highest BCUT2D eigenvalue weighted by atomic mass is 15.5. The quantitative estimate of drug-likeness (QED) is 0.672. The van der Waals surface area contributed by atoms with Gasteiger partial charge in [-0.2, -0.15) is 0 Å². The van der Waals surface area contributed by atoms with E-state index in [1.54, 1.807) is 11.7 Å². The maximum absolute atomic E-state index is 5.80. The SMILES string of the molecule is Cc1ccc(-c2nnnn2C)cc1N. The Labute approximate surface area is 81.5 Å². The van der Waals surface area contributed by atoms with Crippen molar-refractivity contribution < 1.29 is 0 Å². The Hall–Kier alpha value is -1.91. The summed E-state index contributed by atoms with van der Waals surface area (Å²) in [4.78, 5) is 0. The van der Waals surface area contributed by atoms with Crippen LogP contribution in [0.1, 0.15) is 5.56 Å². The maximum Gasteiger partial charge on any atom is 0.181 e. The smallest absolute Gasteiger partial charge is 0.181 e. The minimum Gasteiger partial charge on any atom is -0.398 e. The number of aromatic nitrogens is 4. The van der Waals surface area contributed by atoms with Gasteiger partial charge in [-0.15, -0.1) is 5.10 Å². The molecule has 1 aromatic carbocycles. The van der Waals surface area contributed by atoms with Gasteiger partial charge in [0.1, 0.15) is 0 Å². The average molecular weight is 189 g/mol. The summed E-state index contributed by atoms with van der Waals surface area (Å²) >= 11 is 0. The fourth-order valence-corrected chi connectivity index (χ4v) is 1.25. The first-order chi connectivity index (χ1) is 6.68. The van der Waals surface area contributed by atoms with Crippen LogP contribution < -0.4 is 5.73 Å². The van der Waals surface area contributed by atoms with E-state index in [9.17, 15) is 0 Å².